The second kappa shape index (κ2) is 5.86. The molecule has 0 radical (unpaired) electrons. The molecule has 18 heavy (non-hydrogen) atoms. The van der Waals surface area contributed by atoms with Crippen LogP contribution < -0.4 is 14.8 Å². The molecule has 1 N–H and O–H groups in total. The molecule has 1 aromatic rings. The van der Waals surface area contributed by atoms with Crippen molar-refractivity contribution in [2.24, 2.45) is 0 Å². The molecule has 2 rings (SSSR count). The normalized spacial score (nSPS) is 13.1. The maximum Gasteiger partial charge on any atom is 0.228 e. The highest BCUT2D eigenvalue weighted by Gasteiger charge is 2.10. The Morgan fingerprint density at radius 2 is 2.06 bits per heavy atom. The van der Waals surface area contributed by atoms with Crippen molar-refractivity contribution in [1.29, 1.82) is 0 Å². The summed E-state index contributed by atoms with van der Waals surface area (Å²) in [6.45, 7) is 0.545. The molecular formula is C13H15NO4. The van der Waals surface area contributed by atoms with Gasteiger partial charge >= 0.3 is 0 Å². The van der Waals surface area contributed by atoms with Gasteiger partial charge in [-0.3, -0.25) is 0 Å². The molecule has 96 valence electrons. The minimum atomic E-state index is 0.544. The summed E-state index contributed by atoms with van der Waals surface area (Å²) in [5.41, 5.74) is 0.968. The zero-order valence-corrected chi connectivity index (χ0v) is 10.3. The summed E-state index contributed by atoms with van der Waals surface area (Å²) < 4.78 is 20.8. The number of para-hydroxylation sites is 1. The third kappa shape index (κ3) is 2.68. The average molecular weight is 249 g/mol. The molecule has 0 bridgehead atoms. The van der Waals surface area contributed by atoms with Crippen molar-refractivity contribution in [2.45, 2.75) is 6.54 Å². The summed E-state index contributed by atoms with van der Waals surface area (Å²) in [5.74, 6) is 1.95. The number of benzene rings is 1. The molecule has 1 aliphatic heterocycles. The Balaban J connectivity index is 2.06. The van der Waals surface area contributed by atoms with Gasteiger partial charge in [-0.15, -0.1) is 0 Å². The van der Waals surface area contributed by atoms with Gasteiger partial charge in [-0.25, -0.2) is 0 Å². The van der Waals surface area contributed by atoms with Crippen LogP contribution in [-0.2, 0) is 16.0 Å². The first-order valence-corrected chi connectivity index (χ1v) is 5.46. The van der Waals surface area contributed by atoms with Gasteiger partial charge in [-0.1, -0.05) is 12.1 Å². The first kappa shape index (κ1) is 12.2. The van der Waals surface area contributed by atoms with Crippen molar-refractivity contribution >= 4 is 0 Å². The molecule has 0 spiro atoms. The molecule has 1 aliphatic rings. The highest BCUT2D eigenvalue weighted by Crippen LogP contribution is 2.30. The van der Waals surface area contributed by atoms with Crippen molar-refractivity contribution in [3.8, 4) is 11.5 Å². The number of hydrogen-bond donors (Lipinski definition) is 1. The summed E-state index contributed by atoms with van der Waals surface area (Å²) in [5, 5.41) is 3.09. The third-order valence-electron chi connectivity index (χ3n) is 2.44. The topological polar surface area (TPSA) is 49.0 Å². The molecule has 5 nitrogen and oxygen atoms in total. The molecular weight excluding hydrogens is 234 g/mol. The Morgan fingerprint density at radius 3 is 2.72 bits per heavy atom. The number of ether oxygens (including phenoxy) is 4. The maximum absolute atomic E-state index is 5.34. The first-order valence-electron chi connectivity index (χ1n) is 5.46. The number of hydrogen-bond acceptors (Lipinski definition) is 5. The van der Waals surface area contributed by atoms with Crippen molar-refractivity contribution in [3.05, 3.63) is 48.4 Å². The zero-order chi connectivity index (χ0) is 12.8. The molecule has 0 saturated heterocycles. The average Bonchev–Trinajstić information content (AvgIpc) is 2.45. The van der Waals surface area contributed by atoms with Crippen molar-refractivity contribution in [3.63, 3.8) is 0 Å². The minimum Gasteiger partial charge on any atom is -0.493 e. The van der Waals surface area contributed by atoms with Crippen molar-refractivity contribution in [2.75, 3.05) is 14.2 Å². The predicted molar refractivity (Wildman–Crippen MR) is 65.8 cm³/mol. The van der Waals surface area contributed by atoms with Gasteiger partial charge in [0.05, 0.1) is 14.2 Å². The molecule has 0 fully saturated rings. The quantitative estimate of drug-likeness (QED) is 0.866. The van der Waals surface area contributed by atoms with Crippen molar-refractivity contribution in [1.82, 2.24) is 5.32 Å². The van der Waals surface area contributed by atoms with Crippen LogP contribution in [0.1, 0.15) is 5.56 Å². The summed E-state index contributed by atoms with van der Waals surface area (Å²) in [6.07, 6.45) is 4.41. The fourth-order valence-electron chi connectivity index (χ4n) is 1.62. The lowest BCUT2D eigenvalue weighted by Gasteiger charge is -2.15. The number of methoxy groups -OCH3 is 2. The van der Waals surface area contributed by atoms with Crippen LogP contribution in [0.4, 0.5) is 0 Å². The van der Waals surface area contributed by atoms with E-state index in [1.54, 1.807) is 14.2 Å². The van der Waals surface area contributed by atoms with E-state index in [2.05, 4.69) is 5.32 Å². The van der Waals surface area contributed by atoms with Gasteiger partial charge in [0.15, 0.2) is 17.8 Å². The van der Waals surface area contributed by atoms with Gasteiger partial charge in [-0.05, 0) is 6.07 Å². The maximum atomic E-state index is 5.34. The molecule has 0 aliphatic carbocycles. The molecule has 5 heteroatoms. The summed E-state index contributed by atoms with van der Waals surface area (Å²) in [4.78, 5) is 0. The zero-order valence-electron chi connectivity index (χ0n) is 10.3. The van der Waals surface area contributed by atoms with Crippen LogP contribution in [0.2, 0.25) is 0 Å². The Morgan fingerprint density at radius 1 is 1.17 bits per heavy atom. The van der Waals surface area contributed by atoms with Crippen LogP contribution in [0, 0.1) is 0 Å². The molecule has 0 unspecified atom stereocenters. The largest absolute Gasteiger partial charge is 0.493 e. The summed E-state index contributed by atoms with van der Waals surface area (Å²) in [6, 6.07) is 5.71. The second-order valence-corrected chi connectivity index (χ2v) is 3.51. The van der Waals surface area contributed by atoms with E-state index in [1.165, 1.54) is 18.8 Å². The summed E-state index contributed by atoms with van der Waals surface area (Å²) in [7, 11) is 3.23. The van der Waals surface area contributed by atoms with Crippen LogP contribution >= 0.6 is 0 Å². The molecule has 0 aromatic heterocycles. The fourth-order valence-corrected chi connectivity index (χ4v) is 1.62. The molecule has 1 aromatic carbocycles. The van der Waals surface area contributed by atoms with E-state index in [0.717, 1.165) is 5.56 Å². The Kier molecular flexibility index (Phi) is 3.96. The van der Waals surface area contributed by atoms with E-state index in [-0.39, 0.29) is 0 Å². The number of rotatable bonds is 5. The third-order valence-corrected chi connectivity index (χ3v) is 2.44. The van der Waals surface area contributed by atoms with E-state index in [1.807, 2.05) is 18.2 Å². The van der Waals surface area contributed by atoms with Gasteiger partial charge in [0.25, 0.3) is 0 Å². The highest BCUT2D eigenvalue weighted by molar-refractivity contribution is 5.46. The first-order chi connectivity index (χ1) is 8.85. The molecule has 0 atom stereocenters. The SMILES string of the molecule is COc1cccc(CNC2=COC=CO2)c1OC. The smallest absolute Gasteiger partial charge is 0.228 e. The van der Waals surface area contributed by atoms with E-state index >= 15 is 0 Å². The van der Waals surface area contributed by atoms with Gasteiger partial charge in [0.1, 0.15) is 12.5 Å². The fraction of sp³-hybridized carbons (Fsp3) is 0.231. The molecule has 0 saturated carbocycles. The van der Waals surface area contributed by atoms with E-state index < -0.39 is 0 Å². The van der Waals surface area contributed by atoms with Gasteiger partial charge in [0, 0.05) is 12.1 Å². The van der Waals surface area contributed by atoms with Gasteiger partial charge < -0.3 is 24.3 Å². The molecule has 0 amide bonds. The highest BCUT2D eigenvalue weighted by atomic mass is 16.5. The Bertz CT molecular complexity index is 468. The van der Waals surface area contributed by atoms with Crippen LogP contribution in [0.25, 0.3) is 0 Å². The van der Waals surface area contributed by atoms with Crippen LogP contribution in [0.3, 0.4) is 0 Å². The van der Waals surface area contributed by atoms with Gasteiger partial charge in [0.2, 0.25) is 5.88 Å². The van der Waals surface area contributed by atoms with Gasteiger partial charge in [-0.2, -0.15) is 0 Å². The standard InChI is InChI=1S/C13H15NO4/c1-15-11-5-3-4-10(13(11)16-2)8-14-12-9-17-6-7-18-12/h3-7,9,14H,8H2,1-2H3. The minimum absolute atomic E-state index is 0.544. The molecule has 1 heterocycles. The van der Waals surface area contributed by atoms with Crippen molar-refractivity contribution < 1.29 is 18.9 Å². The predicted octanol–water partition coefficient (Wildman–Crippen LogP) is 2.11. The van der Waals surface area contributed by atoms with Crippen LogP contribution in [0.15, 0.2) is 42.9 Å². The summed E-state index contributed by atoms with van der Waals surface area (Å²) >= 11 is 0. The Hall–Kier alpha value is -2.30. The lowest BCUT2D eigenvalue weighted by atomic mass is 10.2. The number of nitrogens with one attached hydrogen (secondary N) is 1. The lowest BCUT2D eigenvalue weighted by molar-refractivity contribution is 0.233. The van der Waals surface area contributed by atoms with E-state index in [0.29, 0.717) is 23.9 Å². The van der Waals surface area contributed by atoms with E-state index in [4.69, 9.17) is 18.9 Å². The second-order valence-electron chi connectivity index (χ2n) is 3.51. The van der Waals surface area contributed by atoms with Crippen LogP contribution in [0.5, 0.6) is 11.5 Å². The lowest BCUT2D eigenvalue weighted by Crippen LogP contribution is -2.16. The Labute approximate surface area is 106 Å². The monoisotopic (exact) mass is 249 g/mol. The van der Waals surface area contributed by atoms with E-state index in [9.17, 15) is 0 Å². The van der Waals surface area contributed by atoms with Crippen LogP contribution in [-0.4, -0.2) is 14.2 Å².